The van der Waals surface area contributed by atoms with E-state index < -0.39 is 11.8 Å². The van der Waals surface area contributed by atoms with Gasteiger partial charge in [-0.2, -0.15) is 0 Å². The fourth-order valence-electron chi connectivity index (χ4n) is 1.53. The molecule has 0 fully saturated rings. The molecule has 0 bridgehead atoms. The van der Waals surface area contributed by atoms with Gasteiger partial charge in [-0.3, -0.25) is 4.79 Å². The van der Waals surface area contributed by atoms with Crippen molar-refractivity contribution in [3.05, 3.63) is 23.8 Å². The van der Waals surface area contributed by atoms with Gasteiger partial charge >= 0.3 is 5.97 Å². The minimum absolute atomic E-state index is 0.0377. The van der Waals surface area contributed by atoms with E-state index in [4.69, 9.17) is 14.6 Å². The second kappa shape index (κ2) is 6.05. The Labute approximate surface area is 105 Å². The molecule has 0 spiro atoms. The molecule has 5 nitrogen and oxygen atoms in total. The van der Waals surface area contributed by atoms with Gasteiger partial charge in [-0.25, -0.2) is 4.79 Å². The number of carbonyl (C=O) groups is 2. The van der Waals surface area contributed by atoms with Crippen molar-refractivity contribution in [1.29, 1.82) is 0 Å². The van der Waals surface area contributed by atoms with Crippen LogP contribution in [-0.2, 0) is 16.0 Å². The standard InChI is InChI=1S/C13H16O5/c1-8(2)18-11-6-4-5-9(12(11)17-3)7-10(14)13(15)16/h4-6,8H,7H2,1-3H3,(H,15,16). The topological polar surface area (TPSA) is 72.8 Å². The molecule has 5 heteroatoms. The lowest BCUT2D eigenvalue weighted by Gasteiger charge is -2.15. The molecule has 1 N–H and O–H groups in total. The van der Waals surface area contributed by atoms with Crippen LogP contribution in [0.1, 0.15) is 19.4 Å². The van der Waals surface area contributed by atoms with Crippen LogP contribution >= 0.6 is 0 Å². The van der Waals surface area contributed by atoms with Gasteiger partial charge < -0.3 is 14.6 Å². The number of ether oxygens (including phenoxy) is 2. The van der Waals surface area contributed by atoms with E-state index in [1.54, 1.807) is 18.2 Å². The maximum atomic E-state index is 11.2. The molecule has 0 saturated heterocycles. The molecule has 0 unspecified atom stereocenters. The molecule has 0 aliphatic rings. The third-order valence-electron chi connectivity index (χ3n) is 2.22. The summed E-state index contributed by atoms with van der Waals surface area (Å²) in [6, 6.07) is 5.06. The van der Waals surface area contributed by atoms with Gasteiger partial charge in [0.2, 0.25) is 5.78 Å². The summed E-state index contributed by atoms with van der Waals surface area (Å²) in [5.74, 6) is -1.42. The SMILES string of the molecule is COc1c(CC(=O)C(=O)O)cccc1OC(C)C. The number of carboxylic acid groups (broad SMARTS) is 1. The van der Waals surface area contributed by atoms with Crippen LogP contribution in [0.2, 0.25) is 0 Å². The van der Waals surface area contributed by atoms with Crippen molar-refractivity contribution in [1.82, 2.24) is 0 Å². The summed E-state index contributed by atoms with van der Waals surface area (Å²) in [6.07, 6.45) is -0.252. The number of Topliss-reactive ketones (excluding diaryl/α,β-unsaturated/α-hetero) is 1. The predicted octanol–water partition coefficient (Wildman–Crippen LogP) is 1.68. The Balaban J connectivity index is 3.04. The molecule has 1 aromatic carbocycles. The molecule has 1 aromatic rings. The zero-order chi connectivity index (χ0) is 13.7. The molecule has 0 aliphatic heterocycles. The number of hydrogen-bond donors (Lipinski definition) is 1. The summed E-state index contributed by atoms with van der Waals surface area (Å²) in [5, 5.41) is 8.60. The summed E-state index contributed by atoms with van der Waals surface area (Å²) in [6.45, 7) is 3.74. The molecule has 0 heterocycles. The Morgan fingerprint density at radius 1 is 1.33 bits per heavy atom. The van der Waals surface area contributed by atoms with Crippen LogP contribution in [-0.4, -0.2) is 30.1 Å². The highest BCUT2D eigenvalue weighted by Crippen LogP contribution is 2.32. The first-order valence-electron chi connectivity index (χ1n) is 5.54. The van der Waals surface area contributed by atoms with Crippen LogP contribution in [0.4, 0.5) is 0 Å². The quantitative estimate of drug-likeness (QED) is 0.780. The number of para-hydroxylation sites is 1. The lowest BCUT2D eigenvalue weighted by molar-refractivity contribution is -0.148. The number of carbonyl (C=O) groups excluding carboxylic acids is 1. The smallest absolute Gasteiger partial charge is 0.372 e. The van der Waals surface area contributed by atoms with Gasteiger partial charge in [0.1, 0.15) is 0 Å². The average Bonchev–Trinajstić information content (AvgIpc) is 2.28. The summed E-state index contributed by atoms with van der Waals surface area (Å²) >= 11 is 0. The van der Waals surface area contributed by atoms with E-state index in [9.17, 15) is 9.59 Å². The first-order chi connectivity index (χ1) is 8.45. The largest absolute Gasteiger partial charge is 0.493 e. The van der Waals surface area contributed by atoms with Crippen LogP contribution in [0, 0.1) is 0 Å². The third-order valence-corrected chi connectivity index (χ3v) is 2.22. The highest BCUT2D eigenvalue weighted by Gasteiger charge is 2.18. The van der Waals surface area contributed by atoms with Crippen LogP contribution in [0.5, 0.6) is 11.5 Å². The lowest BCUT2D eigenvalue weighted by Crippen LogP contribution is -2.16. The van der Waals surface area contributed by atoms with Crippen LogP contribution < -0.4 is 9.47 Å². The highest BCUT2D eigenvalue weighted by molar-refractivity contribution is 6.33. The van der Waals surface area contributed by atoms with Gasteiger partial charge in [-0.05, 0) is 19.9 Å². The fraction of sp³-hybridized carbons (Fsp3) is 0.385. The number of benzene rings is 1. The summed E-state index contributed by atoms with van der Waals surface area (Å²) in [5.41, 5.74) is 0.503. The first-order valence-corrected chi connectivity index (χ1v) is 5.54. The second-order valence-corrected chi connectivity index (χ2v) is 4.02. The van der Waals surface area contributed by atoms with E-state index in [1.807, 2.05) is 13.8 Å². The van der Waals surface area contributed by atoms with Crippen molar-refractivity contribution in [2.24, 2.45) is 0 Å². The van der Waals surface area contributed by atoms with E-state index >= 15 is 0 Å². The summed E-state index contributed by atoms with van der Waals surface area (Å²) in [7, 11) is 1.46. The van der Waals surface area contributed by atoms with E-state index in [0.717, 1.165) is 0 Å². The van der Waals surface area contributed by atoms with Gasteiger partial charge in [0, 0.05) is 12.0 Å². The minimum atomic E-state index is -1.45. The Kier molecular flexibility index (Phi) is 4.71. The molecular weight excluding hydrogens is 236 g/mol. The fourth-order valence-corrected chi connectivity index (χ4v) is 1.53. The van der Waals surface area contributed by atoms with E-state index in [-0.39, 0.29) is 12.5 Å². The Bertz CT molecular complexity index is 451. The Morgan fingerprint density at radius 2 is 2.00 bits per heavy atom. The van der Waals surface area contributed by atoms with Crippen molar-refractivity contribution in [3.63, 3.8) is 0 Å². The van der Waals surface area contributed by atoms with Gasteiger partial charge in [0.25, 0.3) is 0 Å². The number of aliphatic carboxylic acids is 1. The van der Waals surface area contributed by atoms with E-state index in [0.29, 0.717) is 17.1 Å². The molecule has 0 aromatic heterocycles. The normalized spacial score (nSPS) is 10.2. The molecule has 98 valence electrons. The van der Waals surface area contributed by atoms with Gasteiger partial charge in [-0.15, -0.1) is 0 Å². The van der Waals surface area contributed by atoms with Crippen molar-refractivity contribution in [2.75, 3.05) is 7.11 Å². The first kappa shape index (κ1) is 14.0. The molecule has 0 saturated carbocycles. The Morgan fingerprint density at radius 3 is 2.50 bits per heavy atom. The molecule has 0 aliphatic carbocycles. The van der Waals surface area contributed by atoms with Crippen LogP contribution in [0.3, 0.4) is 0 Å². The molecular formula is C13H16O5. The zero-order valence-corrected chi connectivity index (χ0v) is 10.6. The summed E-state index contributed by atoms with van der Waals surface area (Å²) < 4.78 is 10.7. The average molecular weight is 252 g/mol. The van der Waals surface area contributed by atoms with Gasteiger partial charge in [0.05, 0.1) is 13.2 Å². The predicted molar refractivity (Wildman–Crippen MR) is 65.1 cm³/mol. The minimum Gasteiger partial charge on any atom is -0.493 e. The van der Waals surface area contributed by atoms with Crippen molar-refractivity contribution < 1.29 is 24.2 Å². The van der Waals surface area contributed by atoms with Crippen LogP contribution in [0.25, 0.3) is 0 Å². The van der Waals surface area contributed by atoms with Gasteiger partial charge in [0.15, 0.2) is 11.5 Å². The number of rotatable bonds is 6. The third kappa shape index (κ3) is 3.48. The number of carboxylic acids is 1. The highest BCUT2D eigenvalue weighted by atomic mass is 16.5. The van der Waals surface area contributed by atoms with Crippen molar-refractivity contribution >= 4 is 11.8 Å². The number of ketones is 1. The lowest BCUT2D eigenvalue weighted by atomic mass is 10.1. The van der Waals surface area contributed by atoms with Gasteiger partial charge in [-0.1, -0.05) is 12.1 Å². The molecule has 0 radical (unpaired) electrons. The maximum Gasteiger partial charge on any atom is 0.372 e. The molecule has 0 atom stereocenters. The van der Waals surface area contributed by atoms with Crippen molar-refractivity contribution in [2.45, 2.75) is 26.4 Å². The van der Waals surface area contributed by atoms with Crippen LogP contribution in [0.15, 0.2) is 18.2 Å². The monoisotopic (exact) mass is 252 g/mol. The number of hydrogen-bond acceptors (Lipinski definition) is 4. The van der Waals surface area contributed by atoms with Crippen molar-refractivity contribution in [3.8, 4) is 11.5 Å². The number of methoxy groups -OCH3 is 1. The van der Waals surface area contributed by atoms with E-state index in [1.165, 1.54) is 7.11 Å². The molecule has 1 rings (SSSR count). The second-order valence-electron chi connectivity index (χ2n) is 4.02. The summed E-state index contributed by atoms with van der Waals surface area (Å²) in [4.78, 5) is 21.8. The molecule has 18 heavy (non-hydrogen) atoms. The Hall–Kier alpha value is -2.04. The maximum absolute atomic E-state index is 11.2. The zero-order valence-electron chi connectivity index (χ0n) is 10.6. The molecule has 0 amide bonds. The van der Waals surface area contributed by atoms with E-state index in [2.05, 4.69) is 0 Å².